The molecule has 2 heterocycles. The van der Waals surface area contributed by atoms with Crippen LogP contribution in [0.5, 0.6) is 5.75 Å². The van der Waals surface area contributed by atoms with Gasteiger partial charge in [0, 0.05) is 24.3 Å². The Hall–Kier alpha value is -1.10. The monoisotopic (exact) mass is 345 g/mol. The van der Waals surface area contributed by atoms with Crippen LogP contribution >= 0.6 is 0 Å². The predicted octanol–water partition coefficient (Wildman–Crippen LogP) is 3.51. The van der Waals surface area contributed by atoms with E-state index in [1.165, 1.54) is 11.1 Å². The molecule has 0 N–H and O–H groups in total. The lowest BCUT2D eigenvalue weighted by atomic mass is 9.55. The summed E-state index contributed by atoms with van der Waals surface area (Å²) in [5.74, 6) is 1.20. The summed E-state index contributed by atoms with van der Waals surface area (Å²) < 4.78 is 17.9. The van der Waals surface area contributed by atoms with Crippen molar-refractivity contribution in [3.63, 3.8) is 0 Å². The summed E-state index contributed by atoms with van der Waals surface area (Å²) in [5, 5.41) is 0. The highest BCUT2D eigenvalue weighted by Crippen LogP contribution is 2.56. The van der Waals surface area contributed by atoms with E-state index in [0.717, 1.165) is 51.2 Å². The highest BCUT2D eigenvalue weighted by Gasteiger charge is 2.57. The van der Waals surface area contributed by atoms with Gasteiger partial charge in [-0.15, -0.1) is 0 Å². The molecule has 0 amide bonds. The van der Waals surface area contributed by atoms with Gasteiger partial charge in [-0.25, -0.2) is 0 Å². The molecule has 0 bridgehead atoms. The topological polar surface area (TPSA) is 30.9 Å². The standard InChI is InChI=1S/C21H31NO3/c1-15-5-6-17(23-4)13-19(15)20-9-10-22(3)16(2)18(20)7-8-21(14-20)24-11-12-25-21/h5-6,13,16,18H,7-12,14H2,1-4H3/t16-,18+,20+/m1/s1. The van der Waals surface area contributed by atoms with Crippen molar-refractivity contribution in [1.29, 1.82) is 0 Å². The molecule has 1 aliphatic carbocycles. The maximum absolute atomic E-state index is 6.17. The molecule has 138 valence electrons. The summed E-state index contributed by atoms with van der Waals surface area (Å²) in [6, 6.07) is 7.12. The molecule has 2 aliphatic heterocycles. The Balaban J connectivity index is 1.82. The van der Waals surface area contributed by atoms with Crippen molar-refractivity contribution >= 4 is 0 Å². The summed E-state index contributed by atoms with van der Waals surface area (Å²) in [6.07, 6.45) is 4.29. The Kier molecular flexibility index (Phi) is 4.33. The number of methoxy groups -OCH3 is 1. The van der Waals surface area contributed by atoms with Gasteiger partial charge >= 0.3 is 0 Å². The summed E-state index contributed by atoms with van der Waals surface area (Å²) in [6.45, 7) is 7.20. The molecule has 1 spiro atoms. The van der Waals surface area contributed by atoms with Gasteiger partial charge in [-0.2, -0.15) is 0 Å². The smallest absolute Gasteiger partial charge is 0.169 e. The van der Waals surface area contributed by atoms with E-state index < -0.39 is 0 Å². The zero-order chi connectivity index (χ0) is 17.7. The number of fused-ring (bicyclic) bond motifs is 1. The SMILES string of the molecule is COc1ccc(C)c([C@]23CCN(C)[C@H](C)[C@@H]2CCC2(C3)OCCO2)c1. The van der Waals surface area contributed by atoms with Crippen molar-refractivity contribution in [3.8, 4) is 5.75 Å². The maximum atomic E-state index is 6.17. The van der Waals surface area contributed by atoms with Crippen LogP contribution in [-0.4, -0.2) is 50.6 Å². The van der Waals surface area contributed by atoms with Gasteiger partial charge in [0.25, 0.3) is 0 Å². The minimum atomic E-state index is -0.373. The molecule has 4 rings (SSSR count). The number of piperidine rings is 1. The molecule has 3 aliphatic rings. The van der Waals surface area contributed by atoms with Crippen LogP contribution in [0.3, 0.4) is 0 Å². The van der Waals surface area contributed by atoms with E-state index in [2.05, 4.69) is 44.0 Å². The molecular formula is C21H31NO3. The van der Waals surface area contributed by atoms with Gasteiger partial charge in [0.15, 0.2) is 5.79 Å². The van der Waals surface area contributed by atoms with E-state index >= 15 is 0 Å². The average Bonchev–Trinajstić information content (AvgIpc) is 3.06. The van der Waals surface area contributed by atoms with Crippen LogP contribution in [0.4, 0.5) is 0 Å². The minimum absolute atomic E-state index is 0.104. The Bertz CT molecular complexity index is 640. The second kappa shape index (κ2) is 6.26. The number of ether oxygens (including phenoxy) is 3. The van der Waals surface area contributed by atoms with Crippen molar-refractivity contribution in [3.05, 3.63) is 29.3 Å². The number of likely N-dealkylation sites (tertiary alicyclic amines) is 1. The number of hydrogen-bond donors (Lipinski definition) is 0. The third-order valence-corrected chi connectivity index (χ3v) is 7.11. The molecule has 0 radical (unpaired) electrons. The van der Waals surface area contributed by atoms with Crippen LogP contribution in [0.2, 0.25) is 0 Å². The Labute approximate surface area is 151 Å². The lowest BCUT2D eigenvalue weighted by Gasteiger charge is -2.57. The highest BCUT2D eigenvalue weighted by molar-refractivity contribution is 5.42. The van der Waals surface area contributed by atoms with E-state index in [-0.39, 0.29) is 11.2 Å². The van der Waals surface area contributed by atoms with Gasteiger partial charge in [-0.3, -0.25) is 0 Å². The summed E-state index contributed by atoms with van der Waals surface area (Å²) in [5.41, 5.74) is 2.90. The molecule has 4 heteroatoms. The van der Waals surface area contributed by atoms with Crippen molar-refractivity contribution in [2.24, 2.45) is 5.92 Å². The molecule has 1 aromatic rings. The molecule has 0 unspecified atom stereocenters. The van der Waals surface area contributed by atoms with Gasteiger partial charge in [-0.1, -0.05) is 6.07 Å². The van der Waals surface area contributed by atoms with Gasteiger partial charge in [0.2, 0.25) is 0 Å². The summed E-state index contributed by atoms with van der Waals surface area (Å²) >= 11 is 0. The van der Waals surface area contributed by atoms with Crippen molar-refractivity contribution in [2.45, 2.75) is 56.8 Å². The zero-order valence-corrected chi connectivity index (χ0v) is 16.0. The van der Waals surface area contributed by atoms with Crippen molar-refractivity contribution in [1.82, 2.24) is 4.90 Å². The lowest BCUT2D eigenvalue weighted by Crippen LogP contribution is -2.60. The van der Waals surface area contributed by atoms with E-state index in [0.29, 0.717) is 12.0 Å². The first kappa shape index (κ1) is 17.3. The molecule has 1 aromatic carbocycles. The third-order valence-electron chi connectivity index (χ3n) is 7.11. The fourth-order valence-electron chi connectivity index (χ4n) is 5.65. The van der Waals surface area contributed by atoms with Crippen LogP contribution in [0.15, 0.2) is 18.2 Å². The Morgan fingerprint density at radius 1 is 1.20 bits per heavy atom. The predicted molar refractivity (Wildman–Crippen MR) is 98.1 cm³/mol. The first-order chi connectivity index (χ1) is 12.0. The second-order valence-electron chi connectivity index (χ2n) is 8.24. The van der Waals surface area contributed by atoms with Crippen LogP contribution in [0.25, 0.3) is 0 Å². The number of aryl methyl sites for hydroxylation is 1. The molecule has 4 nitrogen and oxygen atoms in total. The second-order valence-corrected chi connectivity index (χ2v) is 8.24. The Morgan fingerprint density at radius 2 is 1.96 bits per heavy atom. The number of hydrogen-bond acceptors (Lipinski definition) is 4. The third kappa shape index (κ3) is 2.70. The van der Waals surface area contributed by atoms with Crippen LogP contribution in [-0.2, 0) is 14.9 Å². The van der Waals surface area contributed by atoms with Crippen LogP contribution in [0, 0.1) is 12.8 Å². The van der Waals surface area contributed by atoms with Crippen LogP contribution in [0.1, 0.15) is 43.7 Å². The fraction of sp³-hybridized carbons (Fsp3) is 0.714. The first-order valence-corrected chi connectivity index (χ1v) is 9.63. The number of rotatable bonds is 2. The minimum Gasteiger partial charge on any atom is -0.497 e. The molecule has 3 fully saturated rings. The largest absolute Gasteiger partial charge is 0.497 e. The van der Waals surface area contributed by atoms with E-state index in [4.69, 9.17) is 14.2 Å². The normalized spacial score (nSPS) is 34.9. The van der Waals surface area contributed by atoms with Gasteiger partial charge < -0.3 is 19.1 Å². The zero-order valence-electron chi connectivity index (χ0n) is 16.0. The van der Waals surface area contributed by atoms with E-state index in [9.17, 15) is 0 Å². The highest BCUT2D eigenvalue weighted by atomic mass is 16.7. The average molecular weight is 345 g/mol. The number of benzene rings is 1. The van der Waals surface area contributed by atoms with E-state index in [1.807, 2.05) is 0 Å². The summed E-state index contributed by atoms with van der Waals surface area (Å²) in [7, 11) is 4.02. The summed E-state index contributed by atoms with van der Waals surface area (Å²) in [4.78, 5) is 2.52. The molecule has 3 atom stereocenters. The number of nitrogens with zero attached hydrogens (tertiary/aromatic N) is 1. The molecular weight excluding hydrogens is 314 g/mol. The fourth-order valence-corrected chi connectivity index (χ4v) is 5.65. The van der Waals surface area contributed by atoms with Gasteiger partial charge in [-0.05, 0) is 69.5 Å². The molecule has 2 saturated heterocycles. The van der Waals surface area contributed by atoms with E-state index in [1.54, 1.807) is 7.11 Å². The maximum Gasteiger partial charge on any atom is 0.169 e. The lowest BCUT2D eigenvalue weighted by molar-refractivity contribution is -0.210. The van der Waals surface area contributed by atoms with Crippen molar-refractivity contribution < 1.29 is 14.2 Å². The first-order valence-electron chi connectivity index (χ1n) is 9.63. The molecule has 0 aromatic heterocycles. The van der Waals surface area contributed by atoms with Crippen molar-refractivity contribution in [2.75, 3.05) is 33.9 Å². The Morgan fingerprint density at radius 3 is 2.68 bits per heavy atom. The van der Waals surface area contributed by atoms with Gasteiger partial charge in [0.05, 0.1) is 20.3 Å². The van der Waals surface area contributed by atoms with Gasteiger partial charge in [0.1, 0.15) is 5.75 Å². The molecule has 1 saturated carbocycles. The quantitative estimate of drug-likeness (QED) is 0.821. The van der Waals surface area contributed by atoms with Crippen LogP contribution < -0.4 is 4.74 Å². The molecule has 25 heavy (non-hydrogen) atoms.